The number of rotatable bonds is 1. The van der Waals surface area contributed by atoms with E-state index in [0.717, 1.165) is 0 Å². The van der Waals surface area contributed by atoms with Gasteiger partial charge in [0.15, 0.2) is 0 Å². The molecule has 1 atom stereocenters. The monoisotopic (exact) mass is 254 g/mol. The Hall–Kier alpha value is -0.500. The molecule has 0 radical (unpaired) electrons. The summed E-state index contributed by atoms with van der Waals surface area (Å²) in [5, 5.41) is 0. The summed E-state index contributed by atoms with van der Waals surface area (Å²) in [6.07, 6.45) is -0.919. The van der Waals surface area contributed by atoms with Crippen molar-refractivity contribution >= 4 is 17.0 Å². The second-order valence-corrected chi connectivity index (χ2v) is 6.37. The predicted molar refractivity (Wildman–Crippen MR) is 59.4 cm³/mol. The van der Waals surface area contributed by atoms with E-state index in [4.69, 9.17) is 13.7 Å². The van der Waals surface area contributed by atoms with Crippen molar-refractivity contribution in [3.8, 4) is 0 Å². The van der Waals surface area contributed by atoms with Gasteiger partial charge in [0.25, 0.3) is 0 Å². The van der Waals surface area contributed by atoms with Gasteiger partial charge in [0.1, 0.15) is 11.7 Å². The van der Waals surface area contributed by atoms with Gasteiger partial charge in [0, 0.05) is 6.42 Å². The van der Waals surface area contributed by atoms with Crippen LogP contribution >= 0.6 is 10.9 Å². The Morgan fingerprint density at radius 1 is 1.44 bits per heavy atom. The fraction of sp³-hybridized carbons (Fsp3) is 0.889. The molecule has 7 heteroatoms. The van der Waals surface area contributed by atoms with Crippen molar-refractivity contribution in [2.24, 2.45) is 0 Å². The zero-order valence-corrected chi connectivity index (χ0v) is 10.5. The van der Waals surface area contributed by atoms with E-state index in [2.05, 4.69) is 0 Å². The van der Waals surface area contributed by atoms with Gasteiger partial charge in [-0.2, -0.15) is 0 Å². The van der Waals surface area contributed by atoms with E-state index in [9.17, 15) is 13.9 Å². The maximum atomic E-state index is 11.3. The summed E-state index contributed by atoms with van der Waals surface area (Å²) in [4.78, 5) is 11.3. The third kappa shape index (κ3) is 5.02. The molecule has 0 saturated carbocycles. The molecule has 1 fully saturated rings. The lowest BCUT2D eigenvalue weighted by Crippen LogP contribution is -2.34. The van der Waals surface area contributed by atoms with E-state index < -0.39 is 28.7 Å². The first kappa shape index (κ1) is 13.6. The molecule has 1 unspecified atom stereocenters. The predicted octanol–water partition coefficient (Wildman–Crippen LogP) is 2.39. The molecule has 96 valence electrons. The van der Waals surface area contributed by atoms with Crippen LogP contribution in [0.5, 0.6) is 0 Å². The lowest BCUT2D eigenvalue weighted by atomic mass is 10.2. The van der Waals surface area contributed by atoms with Crippen molar-refractivity contribution in [1.82, 2.24) is 0 Å². The van der Waals surface area contributed by atoms with Crippen LogP contribution in [-0.2, 0) is 13.7 Å². The lowest BCUT2D eigenvalue weighted by molar-refractivity contribution is -0.0292. The molecule has 2 N–H and O–H groups in total. The van der Waals surface area contributed by atoms with Gasteiger partial charge >= 0.3 is 6.16 Å². The van der Waals surface area contributed by atoms with Gasteiger partial charge in [-0.3, -0.25) is 4.18 Å². The molecule has 6 nitrogen and oxygen atoms in total. The quantitative estimate of drug-likeness (QED) is 0.699. The Morgan fingerprint density at radius 2 is 2.06 bits per heavy atom. The Bertz CT molecular complexity index is 259. The van der Waals surface area contributed by atoms with Crippen LogP contribution < -0.4 is 0 Å². The zero-order chi connectivity index (χ0) is 12.4. The second-order valence-electron chi connectivity index (χ2n) is 4.59. The van der Waals surface area contributed by atoms with Crippen molar-refractivity contribution in [2.45, 2.75) is 38.9 Å². The molecular formula is C9H18O6S. The summed E-state index contributed by atoms with van der Waals surface area (Å²) in [5.41, 5.74) is -0.620. The smallest absolute Gasteiger partial charge is 0.430 e. The van der Waals surface area contributed by atoms with Gasteiger partial charge in [0.2, 0.25) is 0 Å². The van der Waals surface area contributed by atoms with Crippen molar-refractivity contribution in [1.29, 1.82) is 0 Å². The molecule has 0 bridgehead atoms. The van der Waals surface area contributed by atoms with E-state index >= 15 is 0 Å². The average molecular weight is 254 g/mol. The summed E-state index contributed by atoms with van der Waals surface area (Å²) < 4.78 is 33.2. The Labute approximate surface area is 96.4 Å². The Morgan fingerprint density at radius 3 is 2.56 bits per heavy atom. The first-order valence-electron chi connectivity index (χ1n) is 4.98. The highest BCUT2D eigenvalue weighted by molar-refractivity contribution is 8.20. The zero-order valence-electron chi connectivity index (χ0n) is 9.63. The normalized spacial score (nSPS) is 26.9. The fourth-order valence-electron chi connectivity index (χ4n) is 1.19. The van der Waals surface area contributed by atoms with Gasteiger partial charge in [-0.15, -0.1) is 0 Å². The number of hydrogen-bond acceptors (Lipinski definition) is 6. The highest BCUT2D eigenvalue weighted by Gasteiger charge is 2.32. The van der Waals surface area contributed by atoms with Gasteiger partial charge in [0.05, 0.1) is 23.2 Å². The molecular weight excluding hydrogens is 236 g/mol. The van der Waals surface area contributed by atoms with Crippen LogP contribution in [0, 0.1) is 0 Å². The van der Waals surface area contributed by atoms with Crippen molar-refractivity contribution in [2.75, 3.05) is 12.4 Å². The largest absolute Gasteiger partial charge is 0.509 e. The van der Waals surface area contributed by atoms with Crippen molar-refractivity contribution in [3.63, 3.8) is 0 Å². The Kier molecular flexibility index (Phi) is 4.06. The molecule has 1 aliphatic rings. The van der Waals surface area contributed by atoms with Gasteiger partial charge in [-0.1, -0.05) is 0 Å². The van der Waals surface area contributed by atoms with Crippen LogP contribution in [0.25, 0.3) is 0 Å². The minimum atomic E-state index is -3.05. The molecule has 0 aliphatic carbocycles. The number of carbonyl (C=O) groups is 1. The molecule has 1 saturated heterocycles. The molecule has 16 heavy (non-hydrogen) atoms. The van der Waals surface area contributed by atoms with Crippen LogP contribution in [0.2, 0.25) is 0 Å². The van der Waals surface area contributed by atoms with Crippen LogP contribution in [-0.4, -0.2) is 39.3 Å². The van der Waals surface area contributed by atoms with E-state index in [1.807, 2.05) is 0 Å². The van der Waals surface area contributed by atoms with Gasteiger partial charge in [-0.05, 0) is 20.8 Å². The maximum absolute atomic E-state index is 11.3. The molecule has 0 aromatic rings. The van der Waals surface area contributed by atoms with Crippen LogP contribution in [0.3, 0.4) is 0 Å². The second kappa shape index (κ2) is 4.79. The standard InChI is InChI=1S/C9H18O6S/c1-9(2,3)15-8(10)14-7-4-5-13-16(11,12)6-7/h7,11-12H,4-6H2,1-3H3. The first-order chi connectivity index (χ1) is 7.18. The molecule has 0 aromatic heterocycles. The van der Waals surface area contributed by atoms with E-state index in [1.54, 1.807) is 20.8 Å². The van der Waals surface area contributed by atoms with E-state index in [0.29, 0.717) is 6.42 Å². The summed E-state index contributed by atoms with van der Waals surface area (Å²) in [6, 6.07) is 0. The van der Waals surface area contributed by atoms with Gasteiger partial charge in [-0.25, -0.2) is 4.79 Å². The van der Waals surface area contributed by atoms with Crippen molar-refractivity contribution in [3.05, 3.63) is 0 Å². The third-order valence-corrected chi connectivity index (χ3v) is 3.12. The van der Waals surface area contributed by atoms with Gasteiger partial charge < -0.3 is 18.6 Å². The molecule has 1 rings (SSSR count). The molecule has 0 amide bonds. The van der Waals surface area contributed by atoms with E-state index in [1.165, 1.54) is 0 Å². The summed E-state index contributed by atoms with van der Waals surface area (Å²) >= 11 is 0. The van der Waals surface area contributed by atoms with Crippen LogP contribution in [0.15, 0.2) is 0 Å². The summed E-state index contributed by atoms with van der Waals surface area (Å²) in [7, 11) is -3.05. The third-order valence-electron chi connectivity index (χ3n) is 1.77. The lowest BCUT2D eigenvalue weighted by Gasteiger charge is -2.35. The minimum Gasteiger partial charge on any atom is -0.430 e. The van der Waals surface area contributed by atoms with Crippen LogP contribution in [0.4, 0.5) is 4.79 Å². The van der Waals surface area contributed by atoms with E-state index in [-0.39, 0.29) is 12.4 Å². The molecule has 0 aromatic carbocycles. The number of ether oxygens (including phenoxy) is 2. The highest BCUT2D eigenvalue weighted by Crippen LogP contribution is 2.44. The average Bonchev–Trinajstić information content (AvgIpc) is 1.96. The van der Waals surface area contributed by atoms with Crippen molar-refractivity contribution < 1.29 is 27.6 Å². The molecule has 0 spiro atoms. The number of hydrogen-bond donors (Lipinski definition) is 2. The topological polar surface area (TPSA) is 85.2 Å². The maximum Gasteiger partial charge on any atom is 0.509 e. The summed E-state index contributed by atoms with van der Waals surface area (Å²) in [6.45, 7) is 5.35. The first-order valence-corrected chi connectivity index (χ1v) is 6.62. The number of carbonyl (C=O) groups excluding carboxylic acids is 1. The highest BCUT2D eigenvalue weighted by atomic mass is 32.3. The Balaban J connectivity index is 2.40. The molecule has 1 aliphatic heterocycles. The summed E-state index contributed by atoms with van der Waals surface area (Å²) in [5.74, 6) is -0.0910. The SMILES string of the molecule is CC(C)(C)OC(=O)OC1CCOS(O)(O)C1. The van der Waals surface area contributed by atoms with Crippen LogP contribution in [0.1, 0.15) is 27.2 Å². The minimum absolute atomic E-state index is 0.0910. The molecule has 1 heterocycles. The fourth-order valence-corrected chi connectivity index (χ4v) is 2.37.